The highest BCUT2D eigenvalue weighted by Crippen LogP contribution is 2.11. The van der Waals surface area contributed by atoms with Gasteiger partial charge in [0.1, 0.15) is 0 Å². The summed E-state index contributed by atoms with van der Waals surface area (Å²) in [7, 11) is 0. The zero-order valence-electron chi connectivity index (χ0n) is 12.2. The van der Waals surface area contributed by atoms with Gasteiger partial charge in [-0.2, -0.15) is 0 Å². The van der Waals surface area contributed by atoms with Gasteiger partial charge in [0.2, 0.25) is 5.91 Å². The molecule has 0 aliphatic carbocycles. The average molecular weight is 261 g/mol. The summed E-state index contributed by atoms with van der Waals surface area (Å²) in [4.78, 5) is 23.9. The molecule has 1 N–H and O–H groups in total. The lowest BCUT2D eigenvalue weighted by molar-refractivity contribution is -0.125. The molecule has 1 aromatic carbocycles. The number of hydrogen-bond donors (Lipinski definition) is 1. The lowest BCUT2D eigenvalue weighted by Crippen LogP contribution is -2.34. The summed E-state index contributed by atoms with van der Waals surface area (Å²) in [6.45, 7) is 7.97. The second kappa shape index (κ2) is 7.07. The van der Waals surface area contributed by atoms with Crippen molar-refractivity contribution in [3.05, 3.63) is 34.9 Å². The van der Waals surface area contributed by atoms with Gasteiger partial charge in [-0.15, -0.1) is 0 Å². The number of nitrogens with one attached hydrogen (secondary N) is 1. The first-order valence-corrected chi connectivity index (χ1v) is 6.87. The smallest absolute Gasteiger partial charge is 0.223 e. The van der Waals surface area contributed by atoms with E-state index < -0.39 is 0 Å². The van der Waals surface area contributed by atoms with Crippen LogP contribution < -0.4 is 5.32 Å². The van der Waals surface area contributed by atoms with Crippen molar-refractivity contribution in [3.8, 4) is 0 Å². The van der Waals surface area contributed by atoms with Crippen LogP contribution in [-0.4, -0.2) is 18.2 Å². The largest absolute Gasteiger partial charge is 0.348 e. The van der Waals surface area contributed by atoms with Crippen molar-refractivity contribution in [3.63, 3.8) is 0 Å². The van der Waals surface area contributed by atoms with Gasteiger partial charge in [0.05, 0.1) is 6.54 Å². The van der Waals surface area contributed by atoms with Crippen LogP contribution in [0.15, 0.2) is 18.2 Å². The first-order chi connectivity index (χ1) is 8.99. The zero-order valence-corrected chi connectivity index (χ0v) is 12.2. The molecule has 0 saturated carbocycles. The molecule has 19 heavy (non-hydrogen) atoms. The van der Waals surface area contributed by atoms with Crippen molar-refractivity contribution >= 4 is 11.7 Å². The van der Waals surface area contributed by atoms with E-state index in [1.807, 2.05) is 45.9 Å². The van der Waals surface area contributed by atoms with Gasteiger partial charge >= 0.3 is 0 Å². The standard InChI is InChI=1S/C16H23NO2/c1-5-13(6-2)16(19)17-10-15(18)14-8-7-11(3)9-12(14)4/h7-9,13H,5-6,10H2,1-4H3,(H,17,19). The Balaban J connectivity index is 2.63. The van der Waals surface area contributed by atoms with Crippen molar-refractivity contribution in [2.75, 3.05) is 6.54 Å². The maximum Gasteiger partial charge on any atom is 0.223 e. The second-order valence-electron chi connectivity index (χ2n) is 4.97. The number of ketones is 1. The van der Waals surface area contributed by atoms with Crippen molar-refractivity contribution < 1.29 is 9.59 Å². The third-order valence-corrected chi connectivity index (χ3v) is 3.46. The summed E-state index contributed by atoms with van der Waals surface area (Å²) in [5.74, 6) is -0.0492. The van der Waals surface area contributed by atoms with E-state index >= 15 is 0 Å². The first-order valence-electron chi connectivity index (χ1n) is 6.87. The van der Waals surface area contributed by atoms with E-state index in [1.54, 1.807) is 0 Å². The Hall–Kier alpha value is -1.64. The molecule has 0 aliphatic rings. The van der Waals surface area contributed by atoms with Crippen LogP contribution in [0.5, 0.6) is 0 Å². The summed E-state index contributed by atoms with van der Waals surface area (Å²) in [5.41, 5.74) is 2.78. The lowest BCUT2D eigenvalue weighted by Gasteiger charge is -2.13. The van der Waals surface area contributed by atoms with Gasteiger partial charge in [-0.05, 0) is 32.3 Å². The van der Waals surface area contributed by atoms with Crippen LogP contribution in [0.1, 0.15) is 48.2 Å². The Kier molecular flexibility index (Phi) is 5.74. The van der Waals surface area contributed by atoms with Crippen LogP contribution in [0.2, 0.25) is 0 Å². The van der Waals surface area contributed by atoms with Crippen LogP contribution >= 0.6 is 0 Å². The number of rotatable bonds is 6. The van der Waals surface area contributed by atoms with Crippen molar-refractivity contribution in [2.24, 2.45) is 5.92 Å². The molecule has 0 aliphatic heterocycles. The van der Waals surface area contributed by atoms with E-state index in [1.165, 1.54) is 0 Å². The van der Waals surface area contributed by atoms with Gasteiger partial charge in [-0.1, -0.05) is 37.6 Å². The highest BCUT2D eigenvalue weighted by molar-refractivity contribution is 6.00. The van der Waals surface area contributed by atoms with Crippen molar-refractivity contribution in [1.82, 2.24) is 5.32 Å². The fraction of sp³-hybridized carbons (Fsp3) is 0.500. The molecule has 0 unspecified atom stereocenters. The first kappa shape index (κ1) is 15.4. The van der Waals surface area contributed by atoms with E-state index in [0.717, 1.165) is 24.0 Å². The van der Waals surface area contributed by atoms with Crippen LogP contribution in [-0.2, 0) is 4.79 Å². The molecule has 3 heteroatoms. The molecule has 1 rings (SSSR count). The van der Waals surface area contributed by atoms with Gasteiger partial charge in [0, 0.05) is 11.5 Å². The minimum absolute atomic E-state index is 0.00640. The second-order valence-corrected chi connectivity index (χ2v) is 4.97. The molecule has 0 radical (unpaired) electrons. The molecule has 0 atom stereocenters. The van der Waals surface area contributed by atoms with Crippen LogP contribution in [0.3, 0.4) is 0 Å². The number of aryl methyl sites for hydroxylation is 2. The Morgan fingerprint density at radius 1 is 1.16 bits per heavy atom. The minimum atomic E-state index is -0.0307. The summed E-state index contributed by atoms with van der Waals surface area (Å²) in [5, 5.41) is 2.74. The monoisotopic (exact) mass is 261 g/mol. The van der Waals surface area contributed by atoms with E-state index in [-0.39, 0.29) is 24.2 Å². The van der Waals surface area contributed by atoms with Crippen molar-refractivity contribution in [2.45, 2.75) is 40.5 Å². The molecule has 0 heterocycles. The molecule has 0 fully saturated rings. The SMILES string of the molecule is CCC(CC)C(=O)NCC(=O)c1ccc(C)cc1C. The summed E-state index contributed by atoms with van der Waals surface area (Å²) < 4.78 is 0. The molecule has 1 aromatic rings. The molecule has 104 valence electrons. The van der Waals surface area contributed by atoms with Gasteiger partial charge < -0.3 is 5.32 Å². The van der Waals surface area contributed by atoms with Gasteiger partial charge in [-0.3, -0.25) is 9.59 Å². The predicted octanol–water partition coefficient (Wildman–Crippen LogP) is 3.04. The molecular formula is C16H23NO2. The molecule has 1 amide bonds. The average Bonchev–Trinajstić information content (AvgIpc) is 2.37. The number of Topliss-reactive ketones (excluding diaryl/α,β-unsaturated/α-hetero) is 1. The number of benzene rings is 1. The Morgan fingerprint density at radius 2 is 1.79 bits per heavy atom. The number of carbonyl (C=O) groups is 2. The van der Waals surface area contributed by atoms with E-state index in [9.17, 15) is 9.59 Å². The molecule has 3 nitrogen and oxygen atoms in total. The maximum absolute atomic E-state index is 12.1. The Morgan fingerprint density at radius 3 is 2.32 bits per heavy atom. The topological polar surface area (TPSA) is 46.2 Å². The third-order valence-electron chi connectivity index (χ3n) is 3.46. The molecular weight excluding hydrogens is 238 g/mol. The van der Waals surface area contributed by atoms with Crippen LogP contribution in [0, 0.1) is 19.8 Å². The maximum atomic E-state index is 12.1. The number of carbonyl (C=O) groups excluding carboxylic acids is 2. The minimum Gasteiger partial charge on any atom is -0.348 e. The lowest BCUT2D eigenvalue weighted by atomic mass is 10.0. The molecule has 0 aromatic heterocycles. The summed E-state index contributed by atoms with van der Waals surface area (Å²) >= 11 is 0. The molecule has 0 spiro atoms. The zero-order chi connectivity index (χ0) is 14.4. The summed E-state index contributed by atoms with van der Waals surface area (Å²) in [6.07, 6.45) is 1.61. The predicted molar refractivity (Wildman–Crippen MR) is 77.3 cm³/mol. The molecule has 0 bridgehead atoms. The Labute approximate surface area is 115 Å². The van der Waals surface area contributed by atoms with E-state index in [2.05, 4.69) is 5.32 Å². The highest BCUT2D eigenvalue weighted by atomic mass is 16.2. The van der Waals surface area contributed by atoms with Gasteiger partial charge in [0.15, 0.2) is 5.78 Å². The highest BCUT2D eigenvalue weighted by Gasteiger charge is 2.16. The normalized spacial score (nSPS) is 10.6. The quantitative estimate of drug-likeness (QED) is 0.800. The molecule has 0 saturated heterocycles. The third kappa shape index (κ3) is 4.19. The van der Waals surface area contributed by atoms with Crippen molar-refractivity contribution in [1.29, 1.82) is 0 Å². The van der Waals surface area contributed by atoms with Crippen LogP contribution in [0.4, 0.5) is 0 Å². The van der Waals surface area contributed by atoms with E-state index in [4.69, 9.17) is 0 Å². The fourth-order valence-corrected chi connectivity index (χ4v) is 2.19. The van der Waals surface area contributed by atoms with Crippen LogP contribution in [0.25, 0.3) is 0 Å². The van der Waals surface area contributed by atoms with E-state index in [0.29, 0.717) is 5.56 Å². The van der Waals surface area contributed by atoms with Gasteiger partial charge in [0.25, 0.3) is 0 Å². The fourth-order valence-electron chi connectivity index (χ4n) is 2.19. The summed E-state index contributed by atoms with van der Waals surface area (Å²) in [6, 6.07) is 5.73. The Bertz CT molecular complexity index is 462. The van der Waals surface area contributed by atoms with Gasteiger partial charge in [-0.25, -0.2) is 0 Å². The number of hydrogen-bond acceptors (Lipinski definition) is 2. The number of amides is 1.